The monoisotopic (exact) mass is 226 g/mol. The molecule has 2 rings (SSSR count). The van der Waals surface area contributed by atoms with E-state index in [1.165, 1.54) is 51.7 Å². The van der Waals surface area contributed by atoms with Crippen molar-refractivity contribution in [2.45, 2.75) is 51.2 Å². The third-order valence-electron chi connectivity index (χ3n) is 3.86. The minimum absolute atomic E-state index is 0.521. The third-order valence-corrected chi connectivity index (χ3v) is 3.86. The summed E-state index contributed by atoms with van der Waals surface area (Å²) >= 11 is 0. The van der Waals surface area contributed by atoms with Gasteiger partial charge in [-0.1, -0.05) is 6.92 Å². The summed E-state index contributed by atoms with van der Waals surface area (Å²) in [4.78, 5) is 2.61. The van der Waals surface area contributed by atoms with Crippen LogP contribution in [-0.2, 0) is 4.74 Å². The van der Waals surface area contributed by atoms with Crippen molar-refractivity contribution >= 4 is 0 Å². The Hall–Kier alpha value is -0.120. The van der Waals surface area contributed by atoms with E-state index < -0.39 is 0 Å². The fraction of sp³-hybridized carbons (Fsp3) is 1.00. The maximum Gasteiger partial charge on any atom is 0.0702 e. The standard InChI is InChI=1S/C13H26N2O/c1-2-12-6-9-15(8-4-7-14-12)11-13-5-3-10-16-13/h12-14H,2-11H2,1H3. The van der Waals surface area contributed by atoms with Gasteiger partial charge in [-0.05, 0) is 51.7 Å². The van der Waals surface area contributed by atoms with Gasteiger partial charge < -0.3 is 15.0 Å². The number of ether oxygens (including phenoxy) is 1. The smallest absolute Gasteiger partial charge is 0.0702 e. The number of hydrogen-bond donors (Lipinski definition) is 1. The number of nitrogens with one attached hydrogen (secondary N) is 1. The summed E-state index contributed by atoms with van der Waals surface area (Å²) in [7, 11) is 0. The summed E-state index contributed by atoms with van der Waals surface area (Å²) in [6.45, 7) is 8.09. The molecule has 0 aromatic heterocycles. The van der Waals surface area contributed by atoms with Gasteiger partial charge in [-0.25, -0.2) is 0 Å². The fourth-order valence-electron chi connectivity index (χ4n) is 2.77. The molecule has 0 aromatic rings. The minimum atomic E-state index is 0.521. The molecule has 2 saturated heterocycles. The summed E-state index contributed by atoms with van der Waals surface area (Å²) in [6.07, 6.45) is 6.89. The zero-order chi connectivity index (χ0) is 11.2. The largest absolute Gasteiger partial charge is 0.377 e. The first-order chi connectivity index (χ1) is 7.88. The second-order valence-corrected chi connectivity index (χ2v) is 5.14. The van der Waals surface area contributed by atoms with E-state index in [0.717, 1.165) is 19.2 Å². The van der Waals surface area contributed by atoms with Crippen LogP contribution in [0.5, 0.6) is 0 Å². The van der Waals surface area contributed by atoms with Crippen LogP contribution in [0.3, 0.4) is 0 Å². The predicted octanol–water partition coefficient (Wildman–Crippen LogP) is 1.63. The number of nitrogens with zero attached hydrogens (tertiary/aromatic N) is 1. The zero-order valence-electron chi connectivity index (χ0n) is 10.6. The van der Waals surface area contributed by atoms with Crippen LogP contribution in [0.2, 0.25) is 0 Å². The van der Waals surface area contributed by atoms with Crippen LogP contribution in [0.15, 0.2) is 0 Å². The molecule has 1 N–H and O–H groups in total. The van der Waals surface area contributed by atoms with Crippen molar-refractivity contribution in [3.05, 3.63) is 0 Å². The molecular weight excluding hydrogens is 200 g/mol. The fourth-order valence-corrected chi connectivity index (χ4v) is 2.77. The quantitative estimate of drug-likeness (QED) is 0.791. The lowest BCUT2D eigenvalue weighted by Gasteiger charge is -2.30. The van der Waals surface area contributed by atoms with Gasteiger partial charge in [0.1, 0.15) is 0 Å². The van der Waals surface area contributed by atoms with E-state index in [4.69, 9.17) is 4.74 Å². The molecular formula is C13H26N2O. The van der Waals surface area contributed by atoms with Crippen molar-refractivity contribution in [1.82, 2.24) is 10.2 Å². The number of rotatable bonds is 3. The van der Waals surface area contributed by atoms with Crippen molar-refractivity contribution in [2.24, 2.45) is 0 Å². The van der Waals surface area contributed by atoms with Gasteiger partial charge in [0.05, 0.1) is 6.10 Å². The molecule has 0 spiro atoms. The van der Waals surface area contributed by atoms with Gasteiger partial charge in [0.15, 0.2) is 0 Å². The average molecular weight is 226 g/mol. The van der Waals surface area contributed by atoms with Gasteiger partial charge in [-0.2, -0.15) is 0 Å². The van der Waals surface area contributed by atoms with E-state index in [2.05, 4.69) is 17.1 Å². The molecule has 0 aromatic carbocycles. The molecule has 3 nitrogen and oxygen atoms in total. The van der Waals surface area contributed by atoms with Crippen LogP contribution in [0, 0.1) is 0 Å². The van der Waals surface area contributed by atoms with Crippen LogP contribution >= 0.6 is 0 Å². The molecule has 94 valence electrons. The van der Waals surface area contributed by atoms with Crippen LogP contribution in [-0.4, -0.2) is 49.8 Å². The molecule has 0 radical (unpaired) electrons. The Labute approximate surface area is 99.5 Å². The van der Waals surface area contributed by atoms with E-state index in [9.17, 15) is 0 Å². The van der Waals surface area contributed by atoms with Crippen LogP contribution < -0.4 is 5.32 Å². The lowest BCUT2D eigenvalue weighted by molar-refractivity contribution is 0.0692. The van der Waals surface area contributed by atoms with Crippen LogP contribution in [0.25, 0.3) is 0 Å². The Kier molecular flexibility index (Phi) is 5.07. The van der Waals surface area contributed by atoms with Crippen molar-refractivity contribution in [3.8, 4) is 0 Å². The molecule has 0 amide bonds. The molecule has 2 unspecified atom stereocenters. The van der Waals surface area contributed by atoms with Gasteiger partial charge >= 0.3 is 0 Å². The molecule has 2 aliphatic heterocycles. The Balaban J connectivity index is 1.74. The molecule has 2 atom stereocenters. The topological polar surface area (TPSA) is 24.5 Å². The highest BCUT2D eigenvalue weighted by Crippen LogP contribution is 2.14. The summed E-state index contributed by atoms with van der Waals surface area (Å²) in [5.41, 5.74) is 0. The van der Waals surface area contributed by atoms with Crippen molar-refractivity contribution in [2.75, 3.05) is 32.8 Å². The summed E-state index contributed by atoms with van der Waals surface area (Å²) in [5.74, 6) is 0. The highest BCUT2D eigenvalue weighted by atomic mass is 16.5. The lowest BCUT2D eigenvalue weighted by atomic mass is 10.1. The van der Waals surface area contributed by atoms with Crippen LogP contribution in [0.1, 0.15) is 39.0 Å². The van der Waals surface area contributed by atoms with Gasteiger partial charge in [0, 0.05) is 19.2 Å². The first-order valence-corrected chi connectivity index (χ1v) is 6.96. The van der Waals surface area contributed by atoms with Crippen molar-refractivity contribution in [3.63, 3.8) is 0 Å². The van der Waals surface area contributed by atoms with E-state index in [0.29, 0.717) is 6.10 Å². The molecule has 0 aliphatic carbocycles. The predicted molar refractivity (Wildman–Crippen MR) is 66.7 cm³/mol. The highest BCUT2D eigenvalue weighted by molar-refractivity contribution is 4.76. The highest BCUT2D eigenvalue weighted by Gasteiger charge is 2.20. The molecule has 0 saturated carbocycles. The Morgan fingerprint density at radius 1 is 1.25 bits per heavy atom. The Morgan fingerprint density at radius 3 is 2.94 bits per heavy atom. The second-order valence-electron chi connectivity index (χ2n) is 5.14. The van der Waals surface area contributed by atoms with Crippen LogP contribution in [0.4, 0.5) is 0 Å². The normalized spacial score (nSPS) is 33.6. The van der Waals surface area contributed by atoms with E-state index >= 15 is 0 Å². The molecule has 2 fully saturated rings. The maximum atomic E-state index is 5.72. The van der Waals surface area contributed by atoms with Gasteiger partial charge in [-0.15, -0.1) is 0 Å². The minimum Gasteiger partial charge on any atom is -0.377 e. The summed E-state index contributed by atoms with van der Waals surface area (Å²) in [5, 5.41) is 3.63. The Bertz CT molecular complexity index is 192. The average Bonchev–Trinajstić information content (AvgIpc) is 2.75. The van der Waals surface area contributed by atoms with Crippen molar-refractivity contribution in [1.29, 1.82) is 0 Å². The van der Waals surface area contributed by atoms with Gasteiger partial charge in [0.25, 0.3) is 0 Å². The summed E-state index contributed by atoms with van der Waals surface area (Å²) in [6, 6.07) is 0.729. The second kappa shape index (κ2) is 6.58. The number of hydrogen-bond acceptors (Lipinski definition) is 3. The van der Waals surface area contributed by atoms with Gasteiger partial charge in [-0.3, -0.25) is 0 Å². The molecule has 2 aliphatic rings. The van der Waals surface area contributed by atoms with Gasteiger partial charge in [0.2, 0.25) is 0 Å². The third kappa shape index (κ3) is 3.72. The summed E-state index contributed by atoms with van der Waals surface area (Å²) < 4.78 is 5.72. The maximum absolute atomic E-state index is 5.72. The van der Waals surface area contributed by atoms with E-state index in [-0.39, 0.29) is 0 Å². The van der Waals surface area contributed by atoms with Crippen molar-refractivity contribution < 1.29 is 4.74 Å². The van der Waals surface area contributed by atoms with E-state index in [1.807, 2.05) is 0 Å². The molecule has 16 heavy (non-hydrogen) atoms. The molecule has 0 bridgehead atoms. The Morgan fingerprint density at radius 2 is 2.19 bits per heavy atom. The first kappa shape index (κ1) is 12.3. The first-order valence-electron chi connectivity index (χ1n) is 6.96. The zero-order valence-corrected chi connectivity index (χ0v) is 10.6. The SMILES string of the molecule is CCC1CCN(CC2CCCO2)CCCN1. The molecule has 2 heterocycles. The lowest BCUT2D eigenvalue weighted by Crippen LogP contribution is -2.42. The van der Waals surface area contributed by atoms with E-state index in [1.54, 1.807) is 0 Å². The molecule has 3 heteroatoms.